The molecule has 100 valence electrons. The van der Waals surface area contributed by atoms with Gasteiger partial charge in [0, 0.05) is 5.69 Å². The maximum absolute atomic E-state index is 11.9. The summed E-state index contributed by atoms with van der Waals surface area (Å²) < 4.78 is 10.3. The molecule has 5 heteroatoms. The third-order valence-corrected chi connectivity index (χ3v) is 2.74. The number of rotatable bonds is 5. The zero-order valence-corrected chi connectivity index (χ0v) is 11.2. The average molecular weight is 280 g/mol. The molecule has 0 aliphatic rings. The second kappa shape index (κ2) is 6.29. The third-order valence-electron chi connectivity index (χ3n) is 2.45. The smallest absolute Gasteiger partial charge is 0.260 e. The van der Waals surface area contributed by atoms with Crippen LogP contribution in [0.5, 0.6) is 5.75 Å². The van der Waals surface area contributed by atoms with Crippen LogP contribution in [0.4, 0.5) is 5.69 Å². The number of amides is 1. The molecule has 19 heavy (non-hydrogen) atoms. The Hall–Kier alpha value is -1.94. The molecule has 1 aromatic heterocycles. The molecule has 0 spiro atoms. The molecule has 1 aromatic carbocycles. The third kappa shape index (κ3) is 3.51. The number of furan rings is 1. The van der Waals surface area contributed by atoms with E-state index in [0.29, 0.717) is 17.9 Å². The lowest BCUT2D eigenvalue weighted by Crippen LogP contribution is -2.11. The lowest BCUT2D eigenvalue weighted by atomic mass is 10.2. The largest absolute Gasteiger partial charge is 0.494 e. The number of carbonyl (C=O) groups excluding carboxylic acids is 1. The van der Waals surface area contributed by atoms with Gasteiger partial charge in [-0.15, -0.1) is 0 Å². The number of nitrogens with one attached hydrogen (secondary N) is 1. The molecule has 0 radical (unpaired) electrons. The van der Waals surface area contributed by atoms with Gasteiger partial charge in [-0.05, 0) is 48.4 Å². The number of halogens is 1. The van der Waals surface area contributed by atoms with Crippen molar-refractivity contribution >= 4 is 23.2 Å². The van der Waals surface area contributed by atoms with E-state index in [2.05, 4.69) is 5.32 Å². The van der Waals surface area contributed by atoms with Crippen molar-refractivity contribution in [3.63, 3.8) is 0 Å². The molecule has 0 unspecified atom stereocenters. The Morgan fingerprint density at radius 1 is 1.32 bits per heavy atom. The molecule has 0 atom stereocenters. The van der Waals surface area contributed by atoms with Gasteiger partial charge >= 0.3 is 0 Å². The van der Waals surface area contributed by atoms with Gasteiger partial charge < -0.3 is 14.5 Å². The Morgan fingerprint density at radius 2 is 2.05 bits per heavy atom. The highest BCUT2D eigenvalue weighted by molar-refractivity contribution is 6.32. The van der Waals surface area contributed by atoms with Crippen LogP contribution in [0.15, 0.2) is 41.0 Å². The van der Waals surface area contributed by atoms with Crippen molar-refractivity contribution in [2.45, 2.75) is 13.3 Å². The highest BCUT2D eigenvalue weighted by Crippen LogP contribution is 2.20. The Balaban J connectivity index is 2.00. The number of carbonyl (C=O) groups is 1. The molecule has 0 saturated carbocycles. The molecule has 0 aliphatic carbocycles. The molecule has 1 amide bonds. The van der Waals surface area contributed by atoms with Crippen LogP contribution in [-0.2, 0) is 0 Å². The molecule has 4 nitrogen and oxygen atoms in total. The molecular weight excluding hydrogens is 266 g/mol. The Labute approximate surface area is 116 Å². The average Bonchev–Trinajstić information content (AvgIpc) is 2.84. The number of anilines is 1. The van der Waals surface area contributed by atoms with Gasteiger partial charge in [0.25, 0.3) is 5.91 Å². The Morgan fingerprint density at radius 3 is 2.63 bits per heavy atom. The number of benzene rings is 1. The standard InChI is InChI=1S/C14H14ClNO3/c1-2-8-18-11-5-3-10(4-6-11)16-14(17)12-7-9-19-13(12)15/h3-7,9H,2,8H2,1H3,(H,16,17). The first-order chi connectivity index (χ1) is 9.20. The summed E-state index contributed by atoms with van der Waals surface area (Å²) in [7, 11) is 0. The van der Waals surface area contributed by atoms with E-state index < -0.39 is 0 Å². The van der Waals surface area contributed by atoms with E-state index in [0.717, 1.165) is 12.2 Å². The predicted octanol–water partition coefficient (Wildman–Crippen LogP) is 3.97. The molecule has 0 bridgehead atoms. The second-order valence-electron chi connectivity index (χ2n) is 3.93. The van der Waals surface area contributed by atoms with Crippen LogP contribution in [-0.4, -0.2) is 12.5 Å². The van der Waals surface area contributed by atoms with Crippen LogP contribution >= 0.6 is 11.6 Å². The van der Waals surface area contributed by atoms with Crippen molar-refractivity contribution in [1.29, 1.82) is 0 Å². The minimum absolute atomic E-state index is 0.0837. The van der Waals surface area contributed by atoms with Gasteiger partial charge in [-0.2, -0.15) is 0 Å². The molecular formula is C14H14ClNO3. The first-order valence-corrected chi connectivity index (χ1v) is 6.35. The normalized spacial score (nSPS) is 10.2. The van der Waals surface area contributed by atoms with Crippen molar-refractivity contribution in [1.82, 2.24) is 0 Å². The highest BCUT2D eigenvalue weighted by Gasteiger charge is 2.12. The van der Waals surface area contributed by atoms with Crippen LogP contribution in [0.1, 0.15) is 23.7 Å². The van der Waals surface area contributed by atoms with Crippen LogP contribution in [0.2, 0.25) is 5.22 Å². The lowest BCUT2D eigenvalue weighted by molar-refractivity contribution is 0.102. The molecule has 1 heterocycles. The van der Waals surface area contributed by atoms with Gasteiger partial charge in [-0.25, -0.2) is 0 Å². The first-order valence-electron chi connectivity index (χ1n) is 5.98. The number of ether oxygens (including phenoxy) is 1. The molecule has 0 saturated heterocycles. The monoisotopic (exact) mass is 279 g/mol. The molecule has 0 fully saturated rings. The van der Waals surface area contributed by atoms with E-state index in [1.165, 1.54) is 12.3 Å². The summed E-state index contributed by atoms with van der Waals surface area (Å²) in [5.41, 5.74) is 0.985. The van der Waals surface area contributed by atoms with E-state index in [-0.39, 0.29) is 11.1 Å². The van der Waals surface area contributed by atoms with E-state index in [4.69, 9.17) is 20.8 Å². The van der Waals surface area contributed by atoms with Gasteiger partial charge in [0.1, 0.15) is 5.75 Å². The maximum atomic E-state index is 11.9. The summed E-state index contributed by atoms with van der Waals surface area (Å²) in [6.45, 7) is 2.72. The van der Waals surface area contributed by atoms with E-state index in [1.807, 2.05) is 19.1 Å². The summed E-state index contributed by atoms with van der Waals surface area (Å²) in [4.78, 5) is 11.9. The first kappa shape index (κ1) is 13.5. The topological polar surface area (TPSA) is 51.5 Å². The molecule has 0 aliphatic heterocycles. The van der Waals surface area contributed by atoms with Crippen LogP contribution in [0.25, 0.3) is 0 Å². The van der Waals surface area contributed by atoms with Gasteiger partial charge in [0.15, 0.2) is 0 Å². The summed E-state index contributed by atoms with van der Waals surface area (Å²) in [6.07, 6.45) is 2.33. The second-order valence-corrected chi connectivity index (χ2v) is 4.28. The van der Waals surface area contributed by atoms with Crippen molar-refractivity contribution in [2.24, 2.45) is 0 Å². The summed E-state index contributed by atoms with van der Waals surface area (Å²) >= 11 is 5.74. The summed E-state index contributed by atoms with van der Waals surface area (Å²) in [5, 5.41) is 2.81. The van der Waals surface area contributed by atoms with Crippen LogP contribution in [0, 0.1) is 0 Å². The van der Waals surface area contributed by atoms with Crippen LogP contribution in [0.3, 0.4) is 0 Å². The van der Waals surface area contributed by atoms with Gasteiger partial charge in [0.2, 0.25) is 5.22 Å². The highest BCUT2D eigenvalue weighted by atomic mass is 35.5. The van der Waals surface area contributed by atoms with Crippen molar-refractivity contribution in [3.8, 4) is 5.75 Å². The summed E-state index contributed by atoms with van der Waals surface area (Å²) in [5.74, 6) is 0.474. The SMILES string of the molecule is CCCOc1ccc(NC(=O)c2ccoc2Cl)cc1. The van der Waals surface area contributed by atoms with Gasteiger partial charge in [-0.1, -0.05) is 6.92 Å². The minimum atomic E-state index is -0.305. The zero-order chi connectivity index (χ0) is 13.7. The van der Waals surface area contributed by atoms with Crippen LogP contribution < -0.4 is 10.1 Å². The predicted molar refractivity (Wildman–Crippen MR) is 73.9 cm³/mol. The fourth-order valence-electron chi connectivity index (χ4n) is 1.51. The maximum Gasteiger partial charge on any atom is 0.260 e. The minimum Gasteiger partial charge on any atom is -0.494 e. The zero-order valence-electron chi connectivity index (χ0n) is 10.5. The number of hydrogen-bond donors (Lipinski definition) is 1. The van der Waals surface area contributed by atoms with Crippen molar-refractivity contribution in [3.05, 3.63) is 47.4 Å². The van der Waals surface area contributed by atoms with E-state index >= 15 is 0 Å². The Kier molecular flexibility index (Phi) is 4.47. The quantitative estimate of drug-likeness (QED) is 0.901. The molecule has 2 aromatic rings. The molecule has 1 N–H and O–H groups in total. The van der Waals surface area contributed by atoms with Gasteiger partial charge in [0.05, 0.1) is 18.4 Å². The summed E-state index contributed by atoms with van der Waals surface area (Å²) in [6, 6.07) is 8.69. The van der Waals surface area contributed by atoms with Gasteiger partial charge in [-0.3, -0.25) is 4.79 Å². The van der Waals surface area contributed by atoms with E-state index in [9.17, 15) is 4.79 Å². The lowest BCUT2D eigenvalue weighted by Gasteiger charge is -2.07. The number of hydrogen-bond acceptors (Lipinski definition) is 3. The molecule has 2 rings (SSSR count). The Bertz CT molecular complexity index is 548. The van der Waals surface area contributed by atoms with Crippen molar-refractivity contribution in [2.75, 3.05) is 11.9 Å². The fourth-order valence-corrected chi connectivity index (χ4v) is 1.71. The fraction of sp³-hybridized carbons (Fsp3) is 0.214. The van der Waals surface area contributed by atoms with Crippen molar-refractivity contribution < 1.29 is 13.9 Å². The van der Waals surface area contributed by atoms with E-state index in [1.54, 1.807) is 12.1 Å².